The number of amides is 1. The third-order valence-corrected chi connectivity index (χ3v) is 3.91. The summed E-state index contributed by atoms with van der Waals surface area (Å²) in [5.41, 5.74) is 8.64. The number of anilines is 2. The third kappa shape index (κ3) is 2.92. The van der Waals surface area contributed by atoms with Crippen LogP contribution in [0.2, 0.25) is 0 Å². The number of nitrogens with zero attached hydrogens (tertiary/aromatic N) is 6. The van der Waals surface area contributed by atoms with Crippen LogP contribution in [0.4, 0.5) is 15.9 Å². The summed E-state index contributed by atoms with van der Waals surface area (Å²) in [5.74, 6) is -1.19. The molecule has 0 bridgehead atoms. The Hall–Kier alpha value is -3.95. The number of nitrogen functional groups attached to an aromatic ring is 1. The van der Waals surface area contributed by atoms with Crippen molar-refractivity contribution in [3.05, 3.63) is 60.3 Å². The minimum absolute atomic E-state index is 0.0456. The van der Waals surface area contributed by atoms with E-state index in [-0.39, 0.29) is 17.0 Å². The number of hydrogen-bond donors (Lipinski definition) is 2. The number of aromatic nitrogens is 6. The number of nitrogens with two attached hydrogens (primary N) is 1. The highest BCUT2D eigenvalue weighted by Gasteiger charge is 2.21. The third-order valence-electron chi connectivity index (χ3n) is 3.91. The average Bonchev–Trinajstić information content (AvgIpc) is 2.97. The minimum atomic E-state index is -0.592. The standard InChI is InChI=1S/C17H13FN8O/c1-9-4-21-8-23-14(9)11-2-3-20-6-12(11)24-17(27)13-15(19)25-26-7-10(18)5-22-16(13)26/h2-8H,1H3,(H2,19,25)(H,24,27). The van der Waals surface area contributed by atoms with Crippen LogP contribution < -0.4 is 11.1 Å². The molecule has 0 spiro atoms. The fraction of sp³-hybridized carbons (Fsp3) is 0.0588. The molecule has 0 radical (unpaired) electrons. The van der Waals surface area contributed by atoms with Gasteiger partial charge in [0, 0.05) is 18.0 Å². The number of carbonyl (C=O) groups is 1. The van der Waals surface area contributed by atoms with E-state index in [4.69, 9.17) is 5.73 Å². The van der Waals surface area contributed by atoms with Crippen LogP contribution in [-0.4, -0.2) is 35.5 Å². The van der Waals surface area contributed by atoms with Gasteiger partial charge < -0.3 is 11.1 Å². The molecular weight excluding hydrogens is 351 g/mol. The molecule has 0 unspecified atom stereocenters. The van der Waals surface area contributed by atoms with E-state index >= 15 is 0 Å². The number of hydrogen-bond acceptors (Lipinski definition) is 7. The predicted molar refractivity (Wildman–Crippen MR) is 95.3 cm³/mol. The van der Waals surface area contributed by atoms with Crippen molar-refractivity contribution in [1.82, 2.24) is 29.5 Å². The van der Waals surface area contributed by atoms with Crippen molar-refractivity contribution < 1.29 is 9.18 Å². The number of nitrogens with one attached hydrogen (secondary N) is 1. The van der Waals surface area contributed by atoms with E-state index in [1.807, 2.05) is 6.92 Å². The number of halogens is 1. The first-order valence-corrected chi connectivity index (χ1v) is 7.86. The van der Waals surface area contributed by atoms with Gasteiger partial charge in [0.15, 0.2) is 17.3 Å². The Morgan fingerprint density at radius 1 is 1.22 bits per heavy atom. The molecule has 4 heterocycles. The zero-order valence-electron chi connectivity index (χ0n) is 14.1. The van der Waals surface area contributed by atoms with Crippen LogP contribution in [0.5, 0.6) is 0 Å². The lowest BCUT2D eigenvalue weighted by molar-refractivity contribution is 0.102. The lowest BCUT2D eigenvalue weighted by Crippen LogP contribution is -2.15. The molecule has 0 atom stereocenters. The molecule has 0 aromatic carbocycles. The van der Waals surface area contributed by atoms with Gasteiger partial charge in [-0.2, -0.15) is 0 Å². The summed E-state index contributed by atoms with van der Waals surface area (Å²) in [7, 11) is 0. The van der Waals surface area contributed by atoms with E-state index < -0.39 is 11.7 Å². The zero-order chi connectivity index (χ0) is 19.0. The van der Waals surface area contributed by atoms with E-state index in [1.54, 1.807) is 18.5 Å². The van der Waals surface area contributed by atoms with E-state index in [9.17, 15) is 9.18 Å². The van der Waals surface area contributed by atoms with Gasteiger partial charge in [-0.15, -0.1) is 5.10 Å². The number of pyridine rings is 1. The Kier molecular flexibility index (Phi) is 3.92. The fourth-order valence-corrected chi connectivity index (χ4v) is 2.71. The van der Waals surface area contributed by atoms with Gasteiger partial charge in [-0.05, 0) is 18.6 Å². The van der Waals surface area contributed by atoms with Crippen molar-refractivity contribution in [2.75, 3.05) is 11.1 Å². The molecule has 10 heteroatoms. The Labute approximate surface area is 152 Å². The van der Waals surface area contributed by atoms with Crippen molar-refractivity contribution in [3.63, 3.8) is 0 Å². The fourth-order valence-electron chi connectivity index (χ4n) is 2.71. The van der Waals surface area contributed by atoms with Crippen molar-refractivity contribution in [2.45, 2.75) is 6.92 Å². The second kappa shape index (κ2) is 6.41. The molecule has 0 aliphatic rings. The highest BCUT2D eigenvalue weighted by atomic mass is 19.1. The van der Waals surface area contributed by atoms with Gasteiger partial charge in [-0.3, -0.25) is 9.78 Å². The molecule has 0 saturated heterocycles. The lowest BCUT2D eigenvalue weighted by Gasteiger charge is -2.11. The molecule has 3 N–H and O–H groups in total. The number of fused-ring (bicyclic) bond motifs is 1. The van der Waals surface area contributed by atoms with Gasteiger partial charge in [0.1, 0.15) is 11.9 Å². The molecule has 0 saturated carbocycles. The Morgan fingerprint density at radius 2 is 2.07 bits per heavy atom. The van der Waals surface area contributed by atoms with Crippen molar-refractivity contribution in [3.8, 4) is 11.3 Å². The molecule has 0 fully saturated rings. The first kappa shape index (κ1) is 16.5. The highest BCUT2D eigenvalue weighted by Crippen LogP contribution is 2.28. The molecule has 4 aromatic heterocycles. The number of carbonyl (C=O) groups excluding carboxylic acids is 1. The van der Waals surface area contributed by atoms with E-state index in [1.165, 1.54) is 12.5 Å². The maximum absolute atomic E-state index is 13.3. The molecular formula is C17H13FN8O. The van der Waals surface area contributed by atoms with Gasteiger partial charge in [0.05, 0.1) is 30.0 Å². The van der Waals surface area contributed by atoms with Crippen LogP contribution in [0.3, 0.4) is 0 Å². The second-order valence-electron chi connectivity index (χ2n) is 5.73. The van der Waals surface area contributed by atoms with Crippen LogP contribution in [0.25, 0.3) is 16.9 Å². The van der Waals surface area contributed by atoms with Crippen LogP contribution in [0.1, 0.15) is 15.9 Å². The van der Waals surface area contributed by atoms with Gasteiger partial charge in [-0.25, -0.2) is 23.9 Å². The maximum Gasteiger partial charge on any atom is 0.263 e. The van der Waals surface area contributed by atoms with Gasteiger partial charge in [0.2, 0.25) is 0 Å². The van der Waals surface area contributed by atoms with Crippen molar-refractivity contribution in [2.24, 2.45) is 0 Å². The van der Waals surface area contributed by atoms with Gasteiger partial charge in [0.25, 0.3) is 5.91 Å². The van der Waals surface area contributed by atoms with Crippen LogP contribution in [-0.2, 0) is 0 Å². The smallest absolute Gasteiger partial charge is 0.263 e. The molecule has 0 aliphatic carbocycles. The monoisotopic (exact) mass is 364 g/mol. The summed E-state index contributed by atoms with van der Waals surface area (Å²) < 4.78 is 14.4. The number of rotatable bonds is 3. The average molecular weight is 364 g/mol. The summed E-state index contributed by atoms with van der Waals surface area (Å²) >= 11 is 0. The lowest BCUT2D eigenvalue weighted by atomic mass is 10.1. The zero-order valence-corrected chi connectivity index (χ0v) is 14.1. The first-order chi connectivity index (χ1) is 13.0. The molecule has 134 valence electrons. The van der Waals surface area contributed by atoms with Gasteiger partial charge in [-0.1, -0.05) is 0 Å². The molecule has 4 rings (SSSR count). The predicted octanol–water partition coefficient (Wildman–Crippen LogP) is 1.86. The summed E-state index contributed by atoms with van der Waals surface area (Å²) in [6, 6.07) is 1.73. The quantitative estimate of drug-likeness (QED) is 0.568. The van der Waals surface area contributed by atoms with Gasteiger partial charge >= 0.3 is 0 Å². The van der Waals surface area contributed by atoms with Crippen LogP contribution >= 0.6 is 0 Å². The summed E-state index contributed by atoms with van der Waals surface area (Å²) in [4.78, 5) is 29.0. The number of aryl methyl sites for hydroxylation is 1. The van der Waals surface area contributed by atoms with Crippen LogP contribution in [0, 0.1) is 12.7 Å². The SMILES string of the molecule is Cc1cncnc1-c1ccncc1NC(=O)c1c(N)nn2cc(F)cnc12. The topological polar surface area (TPSA) is 124 Å². The van der Waals surface area contributed by atoms with E-state index in [0.29, 0.717) is 16.9 Å². The Bertz CT molecular complexity index is 1170. The van der Waals surface area contributed by atoms with E-state index in [0.717, 1.165) is 22.5 Å². The minimum Gasteiger partial charge on any atom is -0.381 e. The van der Waals surface area contributed by atoms with Crippen LogP contribution in [0.15, 0.2) is 43.4 Å². The largest absolute Gasteiger partial charge is 0.381 e. The molecule has 1 amide bonds. The Morgan fingerprint density at radius 3 is 2.89 bits per heavy atom. The molecule has 4 aromatic rings. The second-order valence-corrected chi connectivity index (χ2v) is 5.73. The normalized spacial score (nSPS) is 10.9. The maximum atomic E-state index is 13.3. The molecule has 27 heavy (non-hydrogen) atoms. The van der Waals surface area contributed by atoms with Crippen molar-refractivity contribution >= 4 is 23.1 Å². The summed E-state index contributed by atoms with van der Waals surface area (Å²) in [6.07, 6.45) is 8.29. The Balaban J connectivity index is 1.75. The molecule has 0 aliphatic heterocycles. The molecule has 9 nitrogen and oxygen atoms in total. The van der Waals surface area contributed by atoms with Crippen molar-refractivity contribution in [1.29, 1.82) is 0 Å². The summed E-state index contributed by atoms with van der Waals surface area (Å²) in [5, 5.41) is 6.68. The first-order valence-electron chi connectivity index (χ1n) is 7.86. The van der Waals surface area contributed by atoms with E-state index in [2.05, 4.69) is 30.4 Å². The highest BCUT2D eigenvalue weighted by molar-refractivity contribution is 6.12. The summed E-state index contributed by atoms with van der Waals surface area (Å²) in [6.45, 7) is 1.86.